The maximum Gasteiger partial charge on any atom is 0.104 e. The van der Waals surface area contributed by atoms with Crippen LogP contribution in [0.25, 0.3) is 0 Å². The van der Waals surface area contributed by atoms with E-state index in [4.69, 9.17) is 18.0 Å². The maximum atomic E-state index is 9.78. The largest absolute Gasteiger partial charge is 0.389 e. The Hall–Kier alpha value is -1.13. The minimum atomic E-state index is -0.718. The van der Waals surface area contributed by atoms with Gasteiger partial charge >= 0.3 is 0 Å². The molecule has 4 heteroatoms. The number of thiocarbonyl (C=S) groups is 1. The maximum absolute atomic E-state index is 9.78. The van der Waals surface area contributed by atoms with E-state index in [1.165, 1.54) is 0 Å². The highest BCUT2D eigenvalue weighted by Gasteiger charge is 2.16. The molecule has 0 radical (unpaired) electrons. The third-order valence-electron chi connectivity index (χ3n) is 2.54. The molecule has 1 aromatic carbocycles. The fourth-order valence-electron chi connectivity index (χ4n) is 1.83. The molecule has 94 valence electrons. The minimum absolute atomic E-state index is 0.416. The number of anilines is 1. The summed E-state index contributed by atoms with van der Waals surface area (Å²) >= 11 is 4.97. The Labute approximate surface area is 108 Å². The SMILES string of the molecule is Cc1cc(N(C)CC(C)(C)O)ccc1C(N)=S. The molecule has 0 aliphatic rings. The van der Waals surface area contributed by atoms with Gasteiger partial charge in [-0.15, -0.1) is 0 Å². The van der Waals surface area contributed by atoms with Crippen molar-refractivity contribution in [3.05, 3.63) is 29.3 Å². The van der Waals surface area contributed by atoms with Crippen LogP contribution in [0.1, 0.15) is 25.0 Å². The summed E-state index contributed by atoms with van der Waals surface area (Å²) < 4.78 is 0. The molecule has 17 heavy (non-hydrogen) atoms. The fraction of sp³-hybridized carbons (Fsp3) is 0.462. The summed E-state index contributed by atoms with van der Waals surface area (Å²) in [5.41, 5.74) is 7.91. The van der Waals surface area contributed by atoms with Crippen molar-refractivity contribution < 1.29 is 5.11 Å². The predicted molar refractivity (Wildman–Crippen MR) is 76.6 cm³/mol. The first kappa shape index (κ1) is 13.9. The van der Waals surface area contributed by atoms with Crippen LogP contribution in [0.3, 0.4) is 0 Å². The van der Waals surface area contributed by atoms with E-state index >= 15 is 0 Å². The van der Waals surface area contributed by atoms with Crippen LogP contribution in [0.5, 0.6) is 0 Å². The second kappa shape index (κ2) is 5.02. The average molecular weight is 252 g/mol. The average Bonchev–Trinajstić information content (AvgIpc) is 2.14. The number of nitrogens with two attached hydrogens (primary N) is 1. The van der Waals surface area contributed by atoms with E-state index in [0.29, 0.717) is 11.5 Å². The third kappa shape index (κ3) is 3.98. The molecule has 0 saturated heterocycles. The topological polar surface area (TPSA) is 49.5 Å². The van der Waals surface area contributed by atoms with E-state index in [2.05, 4.69) is 0 Å². The molecule has 0 atom stereocenters. The van der Waals surface area contributed by atoms with E-state index in [-0.39, 0.29) is 0 Å². The molecular formula is C13H20N2OS. The Morgan fingerprint density at radius 3 is 2.47 bits per heavy atom. The normalized spacial score (nSPS) is 11.4. The molecule has 0 aromatic heterocycles. The molecule has 0 aliphatic carbocycles. The van der Waals surface area contributed by atoms with Crippen LogP contribution < -0.4 is 10.6 Å². The lowest BCUT2D eigenvalue weighted by molar-refractivity contribution is 0.0886. The Kier molecular flexibility index (Phi) is 4.11. The summed E-state index contributed by atoms with van der Waals surface area (Å²) in [6.07, 6.45) is 0. The summed E-state index contributed by atoms with van der Waals surface area (Å²) in [4.78, 5) is 2.43. The second-order valence-electron chi connectivity index (χ2n) is 5.03. The van der Waals surface area contributed by atoms with Crippen LogP contribution in [-0.4, -0.2) is 29.3 Å². The Morgan fingerprint density at radius 2 is 2.06 bits per heavy atom. The molecule has 0 amide bonds. The number of benzene rings is 1. The van der Waals surface area contributed by atoms with E-state index in [1.54, 1.807) is 13.8 Å². The van der Waals surface area contributed by atoms with Gasteiger partial charge in [-0.2, -0.15) is 0 Å². The number of hydrogen-bond donors (Lipinski definition) is 2. The van der Waals surface area contributed by atoms with Gasteiger partial charge in [0.25, 0.3) is 0 Å². The van der Waals surface area contributed by atoms with Crippen LogP contribution in [-0.2, 0) is 0 Å². The number of aryl methyl sites for hydroxylation is 1. The van der Waals surface area contributed by atoms with Gasteiger partial charge in [0.05, 0.1) is 5.60 Å². The molecule has 3 N–H and O–H groups in total. The molecule has 0 unspecified atom stereocenters. The van der Waals surface area contributed by atoms with Gasteiger partial charge in [0.2, 0.25) is 0 Å². The zero-order valence-corrected chi connectivity index (χ0v) is 11.6. The molecule has 1 rings (SSSR count). The van der Waals surface area contributed by atoms with Gasteiger partial charge in [-0.25, -0.2) is 0 Å². The summed E-state index contributed by atoms with van der Waals surface area (Å²) in [5.74, 6) is 0. The number of aliphatic hydroxyl groups is 1. The van der Waals surface area contributed by atoms with Crippen molar-refractivity contribution >= 4 is 22.9 Å². The lowest BCUT2D eigenvalue weighted by atomic mass is 10.1. The molecule has 3 nitrogen and oxygen atoms in total. The smallest absolute Gasteiger partial charge is 0.104 e. The van der Waals surface area contributed by atoms with Gasteiger partial charge in [0, 0.05) is 24.8 Å². The highest BCUT2D eigenvalue weighted by Crippen LogP contribution is 2.19. The molecule has 0 aliphatic heterocycles. The van der Waals surface area contributed by atoms with Gasteiger partial charge in [-0.05, 0) is 44.5 Å². The lowest BCUT2D eigenvalue weighted by Gasteiger charge is -2.27. The van der Waals surface area contributed by atoms with Crippen molar-refractivity contribution in [2.45, 2.75) is 26.4 Å². The Balaban J connectivity index is 2.94. The highest BCUT2D eigenvalue weighted by atomic mass is 32.1. The fourth-order valence-corrected chi connectivity index (χ4v) is 2.06. The van der Waals surface area contributed by atoms with Crippen LogP contribution in [0.4, 0.5) is 5.69 Å². The van der Waals surface area contributed by atoms with Crippen molar-refractivity contribution in [3.63, 3.8) is 0 Å². The van der Waals surface area contributed by atoms with Crippen molar-refractivity contribution in [3.8, 4) is 0 Å². The molecule has 1 aromatic rings. The third-order valence-corrected chi connectivity index (χ3v) is 2.76. The van der Waals surface area contributed by atoms with Gasteiger partial charge in [-0.3, -0.25) is 0 Å². The molecule has 0 bridgehead atoms. The van der Waals surface area contributed by atoms with Crippen LogP contribution >= 0.6 is 12.2 Å². The zero-order valence-electron chi connectivity index (χ0n) is 10.8. The standard InChI is InChI=1S/C13H20N2OS/c1-9-7-10(5-6-11(9)12(14)17)15(4)8-13(2,3)16/h5-7,16H,8H2,1-4H3,(H2,14,17). The number of likely N-dealkylation sites (N-methyl/N-ethyl adjacent to an activating group) is 1. The highest BCUT2D eigenvalue weighted by molar-refractivity contribution is 7.80. The number of hydrogen-bond acceptors (Lipinski definition) is 3. The predicted octanol–water partition coefficient (Wildman–Crippen LogP) is 1.84. The van der Waals surface area contributed by atoms with E-state index in [9.17, 15) is 5.11 Å². The van der Waals surface area contributed by atoms with Gasteiger partial charge in [0.1, 0.15) is 4.99 Å². The quantitative estimate of drug-likeness (QED) is 0.803. The van der Waals surface area contributed by atoms with Gasteiger partial charge in [-0.1, -0.05) is 12.2 Å². The molecule has 0 saturated carbocycles. The Bertz CT molecular complexity index is 424. The van der Waals surface area contributed by atoms with E-state index < -0.39 is 5.60 Å². The van der Waals surface area contributed by atoms with Gasteiger partial charge < -0.3 is 15.7 Å². The minimum Gasteiger partial charge on any atom is -0.389 e. The Morgan fingerprint density at radius 1 is 1.47 bits per heavy atom. The summed E-state index contributed by atoms with van der Waals surface area (Å²) in [5, 5.41) is 9.78. The van der Waals surface area contributed by atoms with Crippen molar-refractivity contribution in [1.29, 1.82) is 0 Å². The monoisotopic (exact) mass is 252 g/mol. The van der Waals surface area contributed by atoms with Gasteiger partial charge in [0.15, 0.2) is 0 Å². The summed E-state index contributed by atoms with van der Waals surface area (Å²) in [6.45, 7) is 6.13. The van der Waals surface area contributed by atoms with Crippen molar-refractivity contribution in [2.24, 2.45) is 5.73 Å². The molecule has 0 heterocycles. The van der Waals surface area contributed by atoms with Crippen molar-refractivity contribution in [1.82, 2.24) is 0 Å². The first-order valence-electron chi connectivity index (χ1n) is 5.55. The van der Waals surface area contributed by atoms with Crippen molar-refractivity contribution in [2.75, 3.05) is 18.5 Å². The lowest BCUT2D eigenvalue weighted by Crippen LogP contribution is -2.36. The summed E-state index contributed by atoms with van der Waals surface area (Å²) in [6, 6.07) is 5.92. The van der Waals surface area contributed by atoms with E-state index in [0.717, 1.165) is 16.8 Å². The number of rotatable bonds is 4. The second-order valence-corrected chi connectivity index (χ2v) is 5.47. The first-order valence-corrected chi connectivity index (χ1v) is 5.95. The zero-order chi connectivity index (χ0) is 13.2. The summed E-state index contributed by atoms with van der Waals surface area (Å²) in [7, 11) is 1.95. The molecule has 0 spiro atoms. The van der Waals surface area contributed by atoms with Crippen LogP contribution in [0.15, 0.2) is 18.2 Å². The van der Waals surface area contributed by atoms with E-state index in [1.807, 2.05) is 37.1 Å². The molecule has 0 fully saturated rings. The van der Waals surface area contributed by atoms with Crippen LogP contribution in [0.2, 0.25) is 0 Å². The molecular weight excluding hydrogens is 232 g/mol. The first-order chi connectivity index (χ1) is 7.70. The van der Waals surface area contributed by atoms with Crippen LogP contribution in [0, 0.1) is 6.92 Å². The number of nitrogens with zero attached hydrogens (tertiary/aromatic N) is 1.